The minimum absolute atomic E-state index is 0.193. The number of amidine groups is 1. The highest BCUT2D eigenvalue weighted by Crippen LogP contribution is 2.29. The molecule has 3 amide bonds. The predicted octanol–water partition coefficient (Wildman–Crippen LogP) is 3.43. The average molecular weight is 710 g/mol. The molecule has 2 aromatic rings. The number of ether oxygens (including phenoxy) is 1. The predicted molar refractivity (Wildman–Crippen MR) is 181 cm³/mol. The second-order valence-electron chi connectivity index (χ2n) is 10.3. The molecule has 0 bridgehead atoms. The van der Waals surface area contributed by atoms with E-state index in [-0.39, 0.29) is 11.5 Å². The Labute approximate surface area is 272 Å². The minimum atomic E-state index is -0.603. The van der Waals surface area contributed by atoms with E-state index in [2.05, 4.69) is 67.2 Å². The van der Waals surface area contributed by atoms with E-state index in [1.54, 1.807) is 30.7 Å². The average Bonchev–Trinajstić information content (AvgIpc) is 3.02. The van der Waals surface area contributed by atoms with E-state index in [4.69, 9.17) is 11.2 Å². The number of aliphatic imine (C=N–C) groups is 1. The summed E-state index contributed by atoms with van der Waals surface area (Å²) in [6.45, 7) is 15.2. The van der Waals surface area contributed by atoms with Gasteiger partial charge in [-0.15, -0.1) is 6.42 Å². The Morgan fingerprint density at radius 2 is 2.02 bits per heavy atom. The van der Waals surface area contributed by atoms with E-state index in [0.717, 1.165) is 9.99 Å². The van der Waals surface area contributed by atoms with Gasteiger partial charge in [-0.1, -0.05) is 41.8 Å². The highest BCUT2D eigenvalue weighted by atomic mass is 127. The summed E-state index contributed by atoms with van der Waals surface area (Å²) in [7, 11) is 1.52. The Balaban J connectivity index is 2.00. The quantitative estimate of drug-likeness (QED) is 0.0704. The fraction of sp³-hybridized carbons (Fsp3) is 0.333. The van der Waals surface area contributed by atoms with Crippen LogP contribution < -0.4 is 15.4 Å². The van der Waals surface area contributed by atoms with Gasteiger partial charge in [0.15, 0.2) is 12.6 Å². The number of alkyl halides is 1. The van der Waals surface area contributed by atoms with Crippen LogP contribution >= 0.6 is 22.6 Å². The molecule has 230 valence electrons. The molecule has 1 aliphatic heterocycles. The van der Waals surface area contributed by atoms with Crippen molar-refractivity contribution in [2.75, 3.05) is 44.2 Å². The first-order valence-electron chi connectivity index (χ1n) is 14.0. The zero-order valence-electron chi connectivity index (χ0n) is 25.6. The van der Waals surface area contributed by atoms with E-state index in [1.165, 1.54) is 19.2 Å². The maximum atomic E-state index is 13.3. The molecule has 0 saturated heterocycles. The fourth-order valence-corrected chi connectivity index (χ4v) is 4.82. The number of halogens is 1. The lowest BCUT2D eigenvalue weighted by molar-refractivity contribution is -0.450. The van der Waals surface area contributed by atoms with Crippen molar-refractivity contribution >= 4 is 51.9 Å². The zero-order chi connectivity index (χ0) is 32.4. The first kappa shape index (κ1) is 34.3. The third-order valence-corrected chi connectivity index (χ3v) is 7.42. The van der Waals surface area contributed by atoms with Crippen LogP contribution in [0.25, 0.3) is 0 Å². The van der Waals surface area contributed by atoms with Crippen molar-refractivity contribution < 1.29 is 23.7 Å². The Kier molecular flexibility index (Phi) is 12.5. The molecule has 11 heteroatoms. The molecule has 44 heavy (non-hydrogen) atoms. The number of rotatable bonds is 11. The molecule has 2 heterocycles. The van der Waals surface area contributed by atoms with E-state index >= 15 is 0 Å². The third-order valence-electron chi connectivity index (χ3n) is 6.94. The molecule has 2 N–H and O–H groups in total. The van der Waals surface area contributed by atoms with Crippen LogP contribution in [0.5, 0.6) is 5.75 Å². The molecule has 0 unspecified atom stereocenters. The second-order valence-corrected chi connectivity index (χ2v) is 11.4. The number of aryl methyl sites for hydroxylation is 2. The highest BCUT2D eigenvalue weighted by Gasteiger charge is 2.31. The maximum absolute atomic E-state index is 13.3. The van der Waals surface area contributed by atoms with E-state index in [1.807, 2.05) is 19.1 Å². The standard InChI is InChI=1S/C33H37IN6O4/c1-8-24-19-39(14-15-40(24)30(41)9-2)20-29(27-11-10-22(5)18-37-27)44-28-16-23(6)25(17-26(28)32(42)35-7)33(43)38-31(21(3)4)36-13-12-34/h1,9-11,16-18,29H,2-3,12-15,19-20H2,4-7H3,(H-,35,36,38,42,43)/p+1/t29-/m1/s1. The number of terminal acetylenes is 1. The van der Waals surface area contributed by atoms with Crippen LogP contribution in [0.15, 0.2) is 60.3 Å². The number of nitrogens with one attached hydrogen (secondary N) is 2. The summed E-state index contributed by atoms with van der Waals surface area (Å²) in [5, 5.41) is 5.47. The van der Waals surface area contributed by atoms with E-state index in [0.29, 0.717) is 72.4 Å². The van der Waals surface area contributed by atoms with Gasteiger partial charge in [-0.2, -0.15) is 4.58 Å². The lowest BCUT2D eigenvalue weighted by atomic mass is 10.0. The van der Waals surface area contributed by atoms with Crippen LogP contribution in [0.4, 0.5) is 0 Å². The summed E-state index contributed by atoms with van der Waals surface area (Å²) in [5.74, 6) is 2.26. The molecule has 1 aromatic heterocycles. The lowest BCUT2D eigenvalue weighted by Crippen LogP contribution is -2.47. The summed E-state index contributed by atoms with van der Waals surface area (Å²) < 4.78 is 8.89. The van der Waals surface area contributed by atoms with Crippen LogP contribution in [0, 0.1) is 26.2 Å². The molecule has 1 aromatic carbocycles. The maximum Gasteiger partial charge on any atom is 0.412 e. The van der Waals surface area contributed by atoms with Crippen molar-refractivity contribution in [3.63, 3.8) is 0 Å². The Bertz CT molecular complexity index is 1560. The molecule has 10 nitrogen and oxygen atoms in total. The van der Waals surface area contributed by atoms with Gasteiger partial charge in [-0.3, -0.25) is 24.5 Å². The number of hydrogen-bond acceptors (Lipinski definition) is 7. The van der Waals surface area contributed by atoms with Crippen molar-refractivity contribution in [1.82, 2.24) is 20.5 Å². The first-order chi connectivity index (χ1) is 21.0. The van der Waals surface area contributed by atoms with Crippen LogP contribution in [-0.4, -0.2) is 87.9 Å². The number of aromatic nitrogens is 1. The molecule has 1 atom stereocenters. The molecule has 3 rings (SSSR count). The summed E-state index contributed by atoms with van der Waals surface area (Å²) >= 11 is 2.21. The van der Waals surface area contributed by atoms with Crippen LogP contribution in [0.2, 0.25) is 0 Å². The molecule has 0 saturated carbocycles. The van der Waals surface area contributed by atoms with Crippen molar-refractivity contribution in [3.05, 3.63) is 83.2 Å². The number of nitrogens with zero attached hydrogens (tertiary/aromatic N) is 4. The summed E-state index contributed by atoms with van der Waals surface area (Å²) in [5.41, 5.74) is 3.91. The number of carbonyl (C=O) groups is 3. The normalized spacial score (nSPS) is 14.3. The van der Waals surface area contributed by atoms with Crippen LogP contribution in [0.1, 0.15) is 50.6 Å². The molecule has 0 radical (unpaired) electrons. The van der Waals surface area contributed by atoms with Gasteiger partial charge in [0.05, 0.1) is 30.9 Å². The van der Waals surface area contributed by atoms with Crippen molar-refractivity contribution in [1.29, 1.82) is 0 Å². The van der Waals surface area contributed by atoms with Crippen molar-refractivity contribution in [2.45, 2.75) is 26.9 Å². The van der Waals surface area contributed by atoms with Gasteiger partial charge in [-0.25, -0.2) is 4.79 Å². The lowest BCUT2D eigenvalue weighted by Gasteiger charge is -2.29. The van der Waals surface area contributed by atoms with E-state index < -0.39 is 17.9 Å². The number of benzene rings is 1. The molecule has 0 spiro atoms. The van der Waals surface area contributed by atoms with Crippen molar-refractivity contribution in [3.8, 4) is 18.1 Å². The number of hydrogen-bond donors (Lipinski definition) is 2. The monoisotopic (exact) mass is 709 g/mol. The van der Waals surface area contributed by atoms with Gasteiger partial charge >= 0.3 is 5.91 Å². The Morgan fingerprint density at radius 1 is 1.27 bits per heavy atom. The van der Waals surface area contributed by atoms with Gasteiger partial charge in [0, 0.05) is 35.9 Å². The second kappa shape index (κ2) is 16.1. The van der Waals surface area contributed by atoms with Gasteiger partial charge < -0.3 is 15.4 Å². The smallest absolute Gasteiger partial charge is 0.412 e. The van der Waals surface area contributed by atoms with Crippen LogP contribution in [-0.2, 0) is 4.79 Å². The van der Waals surface area contributed by atoms with Gasteiger partial charge in [0.1, 0.15) is 11.6 Å². The Morgan fingerprint density at radius 3 is 2.61 bits per heavy atom. The van der Waals surface area contributed by atoms with Crippen LogP contribution in [0.3, 0.4) is 0 Å². The number of amides is 3. The van der Waals surface area contributed by atoms with E-state index in [9.17, 15) is 14.4 Å². The topological polar surface area (TPSA) is 116 Å². The molecular formula is C33H38IN6O4+. The summed E-state index contributed by atoms with van der Waals surface area (Å²) in [6, 6.07) is 7.03. The van der Waals surface area contributed by atoms with Gasteiger partial charge in [-0.05, 0) is 61.6 Å². The fourth-order valence-electron chi connectivity index (χ4n) is 4.58. The van der Waals surface area contributed by atoms with Crippen molar-refractivity contribution in [2.24, 2.45) is 4.99 Å². The zero-order valence-corrected chi connectivity index (χ0v) is 27.7. The summed E-state index contributed by atoms with van der Waals surface area (Å²) in [4.78, 5) is 49.8. The molecular weight excluding hydrogens is 671 g/mol. The molecule has 0 fully saturated rings. The molecule has 0 aliphatic carbocycles. The molecule has 1 aliphatic rings. The van der Waals surface area contributed by atoms with Gasteiger partial charge in [0.2, 0.25) is 5.71 Å². The Hall–Kier alpha value is -4.15. The third kappa shape index (κ3) is 8.70. The minimum Gasteiger partial charge on any atom is -0.482 e. The highest BCUT2D eigenvalue weighted by molar-refractivity contribution is 14.1. The first-order valence-corrected chi connectivity index (χ1v) is 15.6. The SMILES string of the molecule is C#CC1=[N+](C(=O)C=C)CCN(C[C@@H](Oc2cc(C)c(C(=O)NC(=NCCI)C(=C)C)cc2C(=O)NC)c2ccc(C)cn2)C1. The number of pyridine rings is 1. The summed E-state index contributed by atoms with van der Waals surface area (Å²) in [6.07, 6.45) is 8.15. The van der Waals surface area contributed by atoms with Gasteiger partial charge in [0.25, 0.3) is 11.8 Å². The number of carbonyl (C=O) groups excluding carboxylic acids is 3. The largest absolute Gasteiger partial charge is 0.482 e.